The number of anilines is 1. The normalized spacial score (nSPS) is 10.6. The quantitative estimate of drug-likeness (QED) is 0.688. The summed E-state index contributed by atoms with van der Waals surface area (Å²) in [5, 5.41) is 9.60. The van der Waals surface area contributed by atoms with Gasteiger partial charge in [0.15, 0.2) is 0 Å². The van der Waals surface area contributed by atoms with Gasteiger partial charge in [0.2, 0.25) is 0 Å². The lowest BCUT2D eigenvalue weighted by atomic mass is 10.2. The first-order valence-electron chi connectivity index (χ1n) is 4.90. The number of H-pyrrole nitrogens is 1. The second kappa shape index (κ2) is 3.77. The molecular formula is C11H12N2O3. The van der Waals surface area contributed by atoms with Gasteiger partial charge < -0.3 is 20.6 Å². The molecular weight excluding hydrogens is 208 g/mol. The molecule has 0 fully saturated rings. The third-order valence-corrected chi connectivity index (χ3v) is 2.28. The summed E-state index contributed by atoms with van der Waals surface area (Å²) in [6.07, 6.45) is 0. The molecule has 5 nitrogen and oxygen atoms in total. The lowest BCUT2D eigenvalue weighted by Gasteiger charge is -2.06. The van der Waals surface area contributed by atoms with Crippen LogP contribution in [0.3, 0.4) is 0 Å². The fourth-order valence-corrected chi connectivity index (χ4v) is 1.57. The van der Waals surface area contributed by atoms with E-state index < -0.39 is 5.97 Å². The van der Waals surface area contributed by atoms with Crippen LogP contribution in [-0.4, -0.2) is 22.7 Å². The van der Waals surface area contributed by atoms with Gasteiger partial charge in [-0.1, -0.05) is 0 Å². The molecule has 0 amide bonds. The van der Waals surface area contributed by atoms with Crippen molar-refractivity contribution in [2.45, 2.75) is 6.92 Å². The van der Waals surface area contributed by atoms with Gasteiger partial charge in [0.05, 0.1) is 12.3 Å². The van der Waals surface area contributed by atoms with Gasteiger partial charge >= 0.3 is 5.97 Å². The molecule has 0 atom stereocenters. The van der Waals surface area contributed by atoms with Crippen molar-refractivity contribution in [2.24, 2.45) is 0 Å². The van der Waals surface area contributed by atoms with Crippen molar-refractivity contribution >= 4 is 22.6 Å². The van der Waals surface area contributed by atoms with E-state index in [0.717, 1.165) is 5.39 Å². The number of nitrogen functional groups attached to an aromatic ring is 1. The van der Waals surface area contributed by atoms with Gasteiger partial charge in [0.1, 0.15) is 11.4 Å². The van der Waals surface area contributed by atoms with Crippen molar-refractivity contribution in [3.63, 3.8) is 0 Å². The Bertz CT molecular complexity index is 545. The summed E-state index contributed by atoms with van der Waals surface area (Å²) < 4.78 is 5.32. The minimum absolute atomic E-state index is 0.142. The van der Waals surface area contributed by atoms with Crippen molar-refractivity contribution < 1.29 is 14.6 Å². The van der Waals surface area contributed by atoms with E-state index in [1.54, 1.807) is 18.2 Å². The molecule has 0 aliphatic heterocycles. The summed E-state index contributed by atoms with van der Waals surface area (Å²) >= 11 is 0. The fraction of sp³-hybridized carbons (Fsp3) is 0.182. The van der Waals surface area contributed by atoms with Crippen LogP contribution < -0.4 is 10.5 Å². The Morgan fingerprint density at radius 2 is 2.25 bits per heavy atom. The SMILES string of the molecule is CCOc1cc2[nH]c(C(=O)O)cc2cc1N. The van der Waals surface area contributed by atoms with Crippen LogP contribution in [0.5, 0.6) is 5.75 Å². The highest BCUT2D eigenvalue weighted by molar-refractivity contribution is 5.95. The summed E-state index contributed by atoms with van der Waals surface area (Å²) in [4.78, 5) is 13.6. The number of carboxylic acid groups (broad SMARTS) is 1. The molecule has 0 aliphatic carbocycles. The molecule has 0 spiro atoms. The van der Waals surface area contributed by atoms with E-state index in [4.69, 9.17) is 15.6 Å². The zero-order valence-corrected chi connectivity index (χ0v) is 8.78. The zero-order valence-electron chi connectivity index (χ0n) is 8.78. The number of rotatable bonds is 3. The third-order valence-electron chi connectivity index (χ3n) is 2.28. The largest absolute Gasteiger partial charge is 0.492 e. The molecule has 0 saturated carbocycles. The summed E-state index contributed by atoms with van der Waals surface area (Å²) in [6, 6.07) is 4.95. The minimum atomic E-state index is -0.993. The van der Waals surface area contributed by atoms with E-state index in [9.17, 15) is 4.79 Å². The summed E-state index contributed by atoms with van der Waals surface area (Å²) in [7, 11) is 0. The fourth-order valence-electron chi connectivity index (χ4n) is 1.57. The van der Waals surface area contributed by atoms with Gasteiger partial charge in [-0.2, -0.15) is 0 Å². The number of nitrogens with one attached hydrogen (secondary N) is 1. The number of carboxylic acids is 1. The summed E-state index contributed by atoms with van der Waals surface area (Å²) in [5.41, 5.74) is 7.12. The molecule has 1 aromatic heterocycles. The van der Waals surface area contributed by atoms with Crippen LogP contribution in [0.2, 0.25) is 0 Å². The number of hydrogen-bond donors (Lipinski definition) is 3. The van der Waals surface area contributed by atoms with Crippen LogP contribution in [0, 0.1) is 0 Å². The zero-order chi connectivity index (χ0) is 11.7. The first-order valence-corrected chi connectivity index (χ1v) is 4.90. The van der Waals surface area contributed by atoms with Gasteiger partial charge in [-0.25, -0.2) is 4.79 Å². The Morgan fingerprint density at radius 1 is 1.50 bits per heavy atom. The molecule has 16 heavy (non-hydrogen) atoms. The van der Waals surface area contributed by atoms with E-state index in [2.05, 4.69) is 4.98 Å². The smallest absolute Gasteiger partial charge is 0.352 e. The number of aromatic carboxylic acids is 1. The predicted molar refractivity (Wildman–Crippen MR) is 60.8 cm³/mol. The molecule has 0 aliphatic rings. The number of nitrogens with two attached hydrogens (primary N) is 1. The number of aromatic amines is 1. The number of hydrogen-bond acceptors (Lipinski definition) is 3. The molecule has 2 rings (SSSR count). The van der Waals surface area contributed by atoms with Crippen LogP contribution in [-0.2, 0) is 0 Å². The van der Waals surface area contributed by atoms with Crippen LogP contribution in [0.4, 0.5) is 5.69 Å². The monoisotopic (exact) mass is 220 g/mol. The van der Waals surface area contributed by atoms with E-state index in [0.29, 0.717) is 23.6 Å². The first kappa shape index (κ1) is 10.4. The Balaban J connectivity index is 2.56. The van der Waals surface area contributed by atoms with Crippen LogP contribution in [0.25, 0.3) is 10.9 Å². The van der Waals surface area contributed by atoms with Gasteiger partial charge in [-0.05, 0) is 19.1 Å². The highest BCUT2D eigenvalue weighted by Crippen LogP contribution is 2.28. The first-order chi connectivity index (χ1) is 7.61. The maximum Gasteiger partial charge on any atom is 0.352 e. The third kappa shape index (κ3) is 1.67. The van der Waals surface area contributed by atoms with E-state index in [1.165, 1.54) is 0 Å². The number of aromatic nitrogens is 1. The van der Waals surface area contributed by atoms with Crippen LogP contribution in [0.15, 0.2) is 18.2 Å². The Morgan fingerprint density at radius 3 is 2.88 bits per heavy atom. The molecule has 2 aromatic rings. The second-order valence-electron chi connectivity index (χ2n) is 3.40. The number of benzene rings is 1. The molecule has 1 heterocycles. The van der Waals surface area contributed by atoms with Gasteiger partial charge in [0, 0.05) is 17.0 Å². The summed E-state index contributed by atoms with van der Waals surface area (Å²) in [5.74, 6) is -0.429. The number of ether oxygens (including phenoxy) is 1. The minimum Gasteiger partial charge on any atom is -0.492 e. The van der Waals surface area contributed by atoms with Crippen LogP contribution in [0.1, 0.15) is 17.4 Å². The van der Waals surface area contributed by atoms with E-state index in [1.807, 2.05) is 6.92 Å². The van der Waals surface area contributed by atoms with E-state index >= 15 is 0 Å². The number of fused-ring (bicyclic) bond motifs is 1. The van der Waals surface area contributed by atoms with Crippen molar-refractivity contribution in [1.29, 1.82) is 0 Å². The standard InChI is InChI=1S/C11H12N2O3/c1-2-16-10-5-8-6(3-7(10)12)4-9(13-8)11(14)15/h3-5,13H,2,12H2,1H3,(H,14,15). The topological polar surface area (TPSA) is 88.3 Å². The summed E-state index contributed by atoms with van der Waals surface area (Å²) in [6.45, 7) is 2.38. The van der Waals surface area contributed by atoms with Crippen molar-refractivity contribution in [2.75, 3.05) is 12.3 Å². The second-order valence-corrected chi connectivity index (χ2v) is 3.40. The Kier molecular flexibility index (Phi) is 2.44. The molecule has 0 saturated heterocycles. The molecule has 84 valence electrons. The lowest BCUT2D eigenvalue weighted by molar-refractivity contribution is 0.0691. The molecule has 0 unspecified atom stereocenters. The molecule has 0 bridgehead atoms. The average molecular weight is 220 g/mol. The van der Waals surface area contributed by atoms with Crippen molar-refractivity contribution in [3.05, 3.63) is 23.9 Å². The number of carbonyl (C=O) groups is 1. The van der Waals surface area contributed by atoms with Crippen molar-refractivity contribution in [3.8, 4) is 5.75 Å². The highest BCUT2D eigenvalue weighted by Gasteiger charge is 2.10. The molecule has 5 heteroatoms. The van der Waals surface area contributed by atoms with Gasteiger partial charge in [0.25, 0.3) is 0 Å². The highest BCUT2D eigenvalue weighted by atomic mass is 16.5. The van der Waals surface area contributed by atoms with Gasteiger partial charge in [-0.15, -0.1) is 0 Å². The Hall–Kier alpha value is -2.17. The van der Waals surface area contributed by atoms with Crippen molar-refractivity contribution in [1.82, 2.24) is 4.98 Å². The maximum atomic E-state index is 10.8. The van der Waals surface area contributed by atoms with Gasteiger partial charge in [-0.3, -0.25) is 0 Å². The molecule has 0 radical (unpaired) electrons. The molecule has 1 aromatic carbocycles. The molecule has 4 N–H and O–H groups in total. The Labute approximate surface area is 91.8 Å². The predicted octanol–water partition coefficient (Wildman–Crippen LogP) is 1.85. The average Bonchev–Trinajstić information content (AvgIpc) is 2.61. The lowest BCUT2D eigenvalue weighted by Crippen LogP contribution is -1.96. The maximum absolute atomic E-state index is 10.8. The van der Waals surface area contributed by atoms with Crippen LogP contribution >= 0.6 is 0 Å². The van der Waals surface area contributed by atoms with E-state index in [-0.39, 0.29) is 5.69 Å².